The standard InChI is InChI=1S/C20H19N3O2/c1-2-7-13-12-25-20(22-13)15-9-4-6-11-17(15)23-18(24)14-8-3-5-10-16(14)21-19(20)23/h3-6,8-11,13,22H,2,7,12H2,1H3. The van der Waals surface area contributed by atoms with E-state index in [1.807, 2.05) is 48.5 Å². The number of hydrogen-bond donors (Lipinski definition) is 1. The van der Waals surface area contributed by atoms with E-state index in [1.165, 1.54) is 0 Å². The van der Waals surface area contributed by atoms with Gasteiger partial charge in [-0.2, -0.15) is 0 Å². The van der Waals surface area contributed by atoms with E-state index in [0.29, 0.717) is 23.3 Å². The minimum Gasteiger partial charge on any atom is -0.347 e. The van der Waals surface area contributed by atoms with Crippen LogP contribution in [0.2, 0.25) is 0 Å². The summed E-state index contributed by atoms with van der Waals surface area (Å²) < 4.78 is 8.00. The van der Waals surface area contributed by atoms with Crippen LogP contribution in [0.3, 0.4) is 0 Å². The highest BCUT2D eigenvalue weighted by Gasteiger charge is 2.51. The average Bonchev–Trinajstić information content (AvgIpc) is 3.18. The normalized spacial score (nSPS) is 24.0. The van der Waals surface area contributed by atoms with Gasteiger partial charge in [0, 0.05) is 11.6 Å². The largest absolute Gasteiger partial charge is 0.347 e. The molecule has 0 saturated carbocycles. The van der Waals surface area contributed by atoms with E-state index in [2.05, 4.69) is 12.2 Å². The molecule has 2 aliphatic heterocycles. The smallest absolute Gasteiger partial charge is 0.266 e. The van der Waals surface area contributed by atoms with Gasteiger partial charge in [0.25, 0.3) is 5.56 Å². The number of hydrogen-bond acceptors (Lipinski definition) is 4. The SMILES string of the molecule is CCCC1COC2(N1)c1ccccc1-n1c2nc2ccccc2c1=O. The molecule has 1 N–H and O–H groups in total. The second-order valence-electron chi connectivity index (χ2n) is 6.73. The molecule has 3 aromatic rings. The van der Waals surface area contributed by atoms with Crippen LogP contribution < -0.4 is 10.9 Å². The molecule has 25 heavy (non-hydrogen) atoms. The number of para-hydroxylation sites is 2. The lowest BCUT2D eigenvalue weighted by Crippen LogP contribution is -2.43. The molecule has 0 amide bonds. The van der Waals surface area contributed by atoms with Crippen molar-refractivity contribution in [2.75, 3.05) is 6.61 Å². The monoisotopic (exact) mass is 333 g/mol. The Bertz CT molecular complexity index is 1040. The number of ether oxygens (including phenoxy) is 1. The molecule has 126 valence electrons. The number of nitrogens with zero attached hydrogens (tertiary/aromatic N) is 2. The van der Waals surface area contributed by atoms with Gasteiger partial charge in [-0.3, -0.25) is 14.7 Å². The van der Waals surface area contributed by atoms with Crippen LogP contribution in [0.4, 0.5) is 0 Å². The first-order valence-electron chi connectivity index (χ1n) is 8.78. The quantitative estimate of drug-likeness (QED) is 0.783. The topological polar surface area (TPSA) is 56.1 Å². The van der Waals surface area contributed by atoms with Crippen LogP contribution in [0, 0.1) is 0 Å². The highest BCUT2D eigenvalue weighted by Crippen LogP contribution is 2.43. The Morgan fingerprint density at radius 2 is 2.04 bits per heavy atom. The predicted octanol–water partition coefficient (Wildman–Crippen LogP) is 2.69. The molecule has 2 aromatic carbocycles. The third-order valence-corrected chi connectivity index (χ3v) is 5.16. The Morgan fingerprint density at radius 1 is 1.24 bits per heavy atom. The second-order valence-corrected chi connectivity index (χ2v) is 6.73. The summed E-state index contributed by atoms with van der Waals surface area (Å²) in [5, 5.41) is 4.25. The Labute approximate surface area is 145 Å². The third-order valence-electron chi connectivity index (χ3n) is 5.16. The van der Waals surface area contributed by atoms with Crippen molar-refractivity contribution in [1.82, 2.24) is 14.9 Å². The van der Waals surface area contributed by atoms with Gasteiger partial charge in [0.05, 0.1) is 23.2 Å². The molecule has 0 aliphatic carbocycles. The van der Waals surface area contributed by atoms with Crippen molar-refractivity contribution in [3.8, 4) is 5.69 Å². The zero-order chi connectivity index (χ0) is 17.0. The zero-order valence-electron chi connectivity index (χ0n) is 14.0. The summed E-state index contributed by atoms with van der Waals surface area (Å²) in [5.41, 5.74) is 1.64. The molecular formula is C20H19N3O2. The summed E-state index contributed by atoms with van der Waals surface area (Å²) >= 11 is 0. The van der Waals surface area contributed by atoms with Crippen molar-refractivity contribution in [1.29, 1.82) is 0 Å². The van der Waals surface area contributed by atoms with E-state index < -0.39 is 5.72 Å². The molecule has 5 nitrogen and oxygen atoms in total. The Morgan fingerprint density at radius 3 is 2.92 bits per heavy atom. The highest BCUT2D eigenvalue weighted by molar-refractivity contribution is 5.79. The molecule has 3 heterocycles. The van der Waals surface area contributed by atoms with Crippen LogP contribution in [0.1, 0.15) is 31.2 Å². The van der Waals surface area contributed by atoms with Crippen molar-refractivity contribution in [3.63, 3.8) is 0 Å². The van der Waals surface area contributed by atoms with Crippen LogP contribution in [0.15, 0.2) is 53.3 Å². The van der Waals surface area contributed by atoms with Gasteiger partial charge in [0.2, 0.25) is 5.72 Å². The first-order valence-corrected chi connectivity index (χ1v) is 8.78. The van der Waals surface area contributed by atoms with E-state index in [-0.39, 0.29) is 11.6 Å². The molecule has 0 bridgehead atoms. The van der Waals surface area contributed by atoms with Gasteiger partial charge in [0.15, 0.2) is 5.82 Å². The molecule has 2 aliphatic rings. The number of fused-ring (bicyclic) bond motifs is 6. The molecular weight excluding hydrogens is 314 g/mol. The van der Waals surface area contributed by atoms with Crippen molar-refractivity contribution in [2.24, 2.45) is 0 Å². The number of aromatic nitrogens is 2. The van der Waals surface area contributed by atoms with Crippen LogP contribution in [-0.2, 0) is 10.5 Å². The maximum absolute atomic E-state index is 13.2. The Kier molecular flexibility index (Phi) is 3.11. The summed E-state index contributed by atoms with van der Waals surface area (Å²) in [4.78, 5) is 18.0. The molecule has 1 aromatic heterocycles. The minimum absolute atomic E-state index is 0.0470. The fourth-order valence-corrected chi connectivity index (χ4v) is 4.06. The minimum atomic E-state index is -0.834. The van der Waals surface area contributed by atoms with Crippen molar-refractivity contribution in [2.45, 2.75) is 31.5 Å². The van der Waals surface area contributed by atoms with E-state index in [1.54, 1.807) is 4.57 Å². The number of benzene rings is 2. The van der Waals surface area contributed by atoms with Gasteiger partial charge in [-0.1, -0.05) is 43.7 Å². The maximum atomic E-state index is 13.2. The molecule has 2 unspecified atom stereocenters. The molecule has 1 fully saturated rings. The summed E-state index contributed by atoms with van der Waals surface area (Å²) in [7, 11) is 0. The number of rotatable bonds is 2. The molecule has 5 heteroatoms. The molecule has 1 saturated heterocycles. The fourth-order valence-electron chi connectivity index (χ4n) is 4.06. The number of nitrogens with one attached hydrogen (secondary N) is 1. The zero-order valence-corrected chi connectivity index (χ0v) is 14.0. The molecule has 2 atom stereocenters. The first-order chi connectivity index (χ1) is 12.2. The van der Waals surface area contributed by atoms with E-state index >= 15 is 0 Å². The Hall–Kier alpha value is -2.50. The summed E-state index contributed by atoms with van der Waals surface area (Å²) in [5.74, 6) is 0.635. The van der Waals surface area contributed by atoms with Crippen LogP contribution in [0.5, 0.6) is 0 Å². The lowest BCUT2D eigenvalue weighted by Gasteiger charge is -2.24. The van der Waals surface area contributed by atoms with E-state index in [0.717, 1.165) is 24.1 Å². The van der Waals surface area contributed by atoms with Gasteiger partial charge in [-0.05, 0) is 24.6 Å². The summed E-state index contributed by atoms with van der Waals surface area (Å²) in [6.45, 7) is 2.78. The van der Waals surface area contributed by atoms with Gasteiger partial charge >= 0.3 is 0 Å². The van der Waals surface area contributed by atoms with Crippen molar-refractivity contribution in [3.05, 3.63) is 70.3 Å². The predicted molar refractivity (Wildman–Crippen MR) is 95.9 cm³/mol. The van der Waals surface area contributed by atoms with Crippen molar-refractivity contribution >= 4 is 10.9 Å². The molecule has 5 rings (SSSR count). The van der Waals surface area contributed by atoms with Crippen LogP contribution >= 0.6 is 0 Å². The third kappa shape index (κ3) is 1.91. The van der Waals surface area contributed by atoms with Gasteiger partial charge < -0.3 is 4.74 Å². The van der Waals surface area contributed by atoms with E-state index in [9.17, 15) is 4.79 Å². The second kappa shape index (κ2) is 5.25. The van der Waals surface area contributed by atoms with Gasteiger partial charge in [0.1, 0.15) is 0 Å². The van der Waals surface area contributed by atoms with Crippen LogP contribution in [0.25, 0.3) is 16.6 Å². The first kappa shape index (κ1) is 14.8. The lowest BCUT2D eigenvalue weighted by atomic mass is 10.0. The lowest BCUT2D eigenvalue weighted by molar-refractivity contribution is 0.0193. The van der Waals surface area contributed by atoms with Crippen LogP contribution in [-0.4, -0.2) is 22.2 Å². The Balaban J connectivity index is 1.83. The summed E-state index contributed by atoms with van der Waals surface area (Å²) in [6, 6.07) is 15.7. The highest BCUT2D eigenvalue weighted by atomic mass is 16.5. The molecule has 0 radical (unpaired) electrons. The fraction of sp³-hybridized carbons (Fsp3) is 0.300. The molecule has 1 spiro atoms. The average molecular weight is 333 g/mol. The van der Waals surface area contributed by atoms with Gasteiger partial charge in [-0.25, -0.2) is 4.98 Å². The summed E-state index contributed by atoms with van der Waals surface area (Å²) in [6.07, 6.45) is 2.11. The van der Waals surface area contributed by atoms with Crippen molar-refractivity contribution < 1.29 is 4.74 Å². The van der Waals surface area contributed by atoms with Gasteiger partial charge in [-0.15, -0.1) is 0 Å². The van der Waals surface area contributed by atoms with E-state index in [4.69, 9.17) is 9.72 Å². The maximum Gasteiger partial charge on any atom is 0.266 e.